The van der Waals surface area contributed by atoms with Crippen molar-refractivity contribution in [3.05, 3.63) is 23.8 Å². The highest BCUT2D eigenvalue weighted by atomic mass is 32.2. The van der Waals surface area contributed by atoms with Gasteiger partial charge in [0.05, 0.1) is 12.8 Å². The number of hydrogen-bond donors (Lipinski definition) is 0. The quantitative estimate of drug-likeness (QED) is 0.725. The Balaban J connectivity index is 2.89. The predicted molar refractivity (Wildman–Crippen MR) is 77.1 cm³/mol. The van der Waals surface area contributed by atoms with Crippen LogP contribution in [0, 0.1) is 6.92 Å². The van der Waals surface area contributed by atoms with Gasteiger partial charge in [-0.1, -0.05) is 18.0 Å². The molecular formula is C13H22N2OS. The lowest BCUT2D eigenvalue weighted by molar-refractivity contribution is 0.410. The van der Waals surface area contributed by atoms with E-state index in [9.17, 15) is 0 Å². The molecule has 0 saturated carbocycles. The molecule has 4 heteroatoms. The van der Waals surface area contributed by atoms with Crippen molar-refractivity contribution in [3.8, 4) is 5.75 Å². The smallest absolute Gasteiger partial charge is 0.143 e. The van der Waals surface area contributed by atoms with Gasteiger partial charge >= 0.3 is 0 Å². The van der Waals surface area contributed by atoms with E-state index < -0.39 is 0 Å². The molecule has 0 radical (unpaired) electrons. The molecule has 0 heterocycles. The van der Waals surface area contributed by atoms with Crippen LogP contribution in [0.2, 0.25) is 0 Å². The Labute approximate surface area is 109 Å². The fourth-order valence-electron chi connectivity index (χ4n) is 1.60. The first-order valence-electron chi connectivity index (χ1n) is 5.69. The van der Waals surface area contributed by atoms with Gasteiger partial charge in [0.25, 0.3) is 0 Å². The van der Waals surface area contributed by atoms with Crippen LogP contribution in [0.3, 0.4) is 0 Å². The molecule has 96 valence electrons. The second-order valence-corrected chi connectivity index (χ2v) is 5.07. The average molecular weight is 254 g/mol. The lowest BCUT2D eigenvalue weighted by atomic mass is 10.2. The molecule has 0 fully saturated rings. The first-order valence-corrected chi connectivity index (χ1v) is 6.87. The minimum absolute atomic E-state index is 0.934. The fourth-order valence-corrected chi connectivity index (χ4v) is 2.20. The van der Waals surface area contributed by atoms with Crippen molar-refractivity contribution < 1.29 is 4.74 Å². The van der Waals surface area contributed by atoms with Crippen molar-refractivity contribution in [3.63, 3.8) is 0 Å². The molecule has 17 heavy (non-hydrogen) atoms. The maximum atomic E-state index is 5.42. The molecule has 0 unspecified atom stereocenters. The van der Waals surface area contributed by atoms with Crippen molar-refractivity contribution in [2.45, 2.75) is 6.92 Å². The zero-order valence-electron chi connectivity index (χ0n) is 11.4. The number of rotatable bonds is 6. The third kappa shape index (κ3) is 4.13. The monoisotopic (exact) mass is 254 g/mol. The van der Waals surface area contributed by atoms with Gasteiger partial charge in [-0.05, 0) is 38.7 Å². The molecule has 0 saturated heterocycles. The van der Waals surface area contributed by atoms with Crippen molar-refractivity contribution in [1.82, 2.24) is 4.90 Å². The zero-order valence-corrected chi connectivity index (χ0v) is 12.2. The van der Waals surface area contributed by atoms with Gasteiger partial charge in [-0.2, -0.15) is 0 Å². The third-order valence-corrected chi connectivity index (χ3v) is 3.39. The Bertz CT molecular complexity index is 355. The molecule has 1 aromatic rings. The third-order valence-electron chi connectivity index (χ3n) is 2.57. The highest BCUT2D eigenvalue weighted by molar-refractivity contribution is 7.99. The summed E-state index contributed by atoms with van der Waals surface area (Å²) in [6, 6.07) is 6.28. The summed E-state index contributed by atoms with van der Waals surface area (Å²) in [6.45, 7) is 4.11. The van der Waals surface area contributed by atoms with Crippen LogP contribution in [0.4, 0.5) is 5.69 Å². The number of methoxy groups -OCH3 is 1. The first-order chi connectivity index (χ1) is 8.08. The molecule has 0 aliphatic carbocycles. The molecule has 0 atom stereocenters. The van der Waals surface area contributed by atoms with Crippen LogP contribution >= 0.6 is 11.9 Å². The number of benzene rings is 1. The molecule has 1 rings (SSSR count). The second-order valence-electron chi connectivity index (χ2n) is 4.26. The Hall–Kier alpha value is -0.870. The predicted octanol–water partition coefficient (Wildman–Crippen LogP) is 2.65. The minimum atomic E-state index is 0.934. The lowest BCUT2D eigenvalue weighted by Crippen LogP contribution is -2.26. The summed E-state index contributed by atoms with van der Waals surface area (Å²) < 4.78 is 7.69. The van der Waals surface area contributed by atoms with Crippen molar-refractivity contribution >= 4 is 17.6 Å². The standard InChI is InChI=1S/C13H22N2OS/c1-11-6-7-13(16-4)12(10-11)15(17-5)9-8-14(2)3/h6-7,10H,8-9H2,1-5H3. The molecule has 0 aromatic heterocycles. The Kier molecular flexibility index (Phi) is 5.65. The van der Waals surface area contributed by atoms with E-state index in [2.05, 4.69) is 48.6 Å². The van der Waals surface area contributed by atoms with Crippen LogP contribution in [0.25, 0.3) is 0 Å². The van der Waals surface area contributed by atoms with E-state index in [4.69, 9.17) is 4.74 Å². The topological polar surface area (TPSA) is 15.7 Å². The Morgan fingerprint density at radius 3 is 2.47 bits per heavy atom. The summed E-state index contributed by atoms with van der Waals surface area (Å²) in [5.41, 5.74) is 2.41. The molecular weight excluding hydrogens is 232 g/mol. The zero-order chi connectivity index (χ0) is 12.8. The van der Waals surface area contributed by atoms with E-state index in [0.29, 0.717) is 0 Å². The Morgan fingerprint density at radius 2 is 1.94 bits per heavy atom. The average Bonchev–Trinajstić information content (AvgIpc) is 2.30. The molecule has 0 aliphatic rings. The van der Waals surface area contributed by atoms with Crippen LogP contribution in [0.5, 0.6) is 5.75 Å². The van der Waals surface area contributed by atoms with E-state index in [-0.39, 0.29) is 0 Å². The van der Waals surface area contributed by atoms with Gasteiger partial charge in [0.15, 0.2) is 0 Å². The molecule has 1 aromatic carbocycles. The molecule has 0 bridgehead atoms. The van der Waals surface area contributed by atoms with E-state index in [1.165, 1.54) is 5.56 Å². The van der Waals surface area contributed by atoms with Gasteiger partial charge in [-0.15, -0.1) is 0 Å². The van der Waals surface area contributed by atoms with Gasteiger partial charge in [-0.3, -0.25) is 0 Å². The number of anilines is 1. The molecule has 0 N–H and O–H groups in total. The second kappa shape index (κ2) is 6.77. The van der Waals surface area contributed by atoms with Crippen LogP contribution in [-0.2, 0) is 0 Å². The SMILES string of the molecule is COc1ccc(C)cc1N(CCN(C)C)SC. The van der Waals surface area contributed by atoms with Gasteiger partial charge < -0.3 is 13.9 Å². The summed E-state index contributed by atoms with van der Waals surface area (Å²) in [5.74, 6) is 0.934. The number of ether oxygens (including phenoxy) is 1. The summed E-state index contributed by atoms with van der Waals surface area (Å²) in [7, 11) is 5.90. The summed E-state index contributed by atoms with van der Waals surface area (Å²) in [6.07, 6.45) is 2.09. The summed E-state index contributed by atoms with van der Waals surface area (Å²) >= 11 is 1.73. The lowest BCUT2D eigenvalue weighted by Gasteiger charge is -2.25. The molecule has 0 spiro atoms. The van der Waals surface area contributed by atoms with E-state index >= 15 is 0 Å². The number of likely N-dealkylation sites (N-methyl/N-ethyl adjacent to an activating group) is 1. The molecule has 0 aliphatic heterocycles. The van der Waals surface area contributed by atoms with Crippen LogP contribution in [0.1, 0.15) is 5.56 Å². The number of hydrogen-bond acceptors (Lipinski definition) is 4. The van der Waals surface area contributed by atoms with Crippen molar-refractivity contribution in [2.75, 3.05) is 44.9 Å². The highest BCUT2D eigenvalue weighted by Gasteiger charge is 2.11. The fraction of sp³-hybridized carbons (Fsp3) is 0.538. The maximum absolute atomic E-state index is 5.42. The van der Waals surface area contributed by atoms with E-state index in [1.807, 2.05) is 6.07 Å². The first kappa shape index (κ1) is 14.2. The molecule has 3 nitrogen and oxygen atoms in total. The highest BCUT2D eigenvalue weighted by Crippen LogP contribution is 2.32. The van der Waals surface area contributed by atoms with Crippen molar-refractivity contribution in [1.29, 1.82) is 0 Å². The van der Waals surface area contributed by atoms with Gasteiger partial charge in [0, 0.05) is 19.3 Å². The van der Waals surface area contributed by atoms with Crippen LogP contribution in [-0.4, -0.2) is 45.5 Å². The summed E-state index contributed by atoms with van der Waals surface area (Å²) in [5, 5.41) is 0. The van der Waals surface area contributed by atoms with Gasteiger partial charge in [0.1, 0.15) is 5.75 Å². The van der Waals surface area contributed by atoms with Crippen LogP contribution in [0.15, 0.2) is 18.2 Å². The minimum Gasteiger partial charge on any atom is -0.495 e. The van der Waals surface area contributed by atoms with Gasteiger partial charge in [-0.25, -0.2) is 0 Å². The van der Waals surface area contributed by atoms with Crippen LogP contribution < -0.4 is 9.04 Å². The number of nitrogens with zero attached hydrogens (tertiary/aromatic N) is 2. The largest absolute Gasteiger partial charge is 0.495 e. The maximum Gasteiger partial charge on any atom is 0.143 e. The van der Waals surface area contributed by atoms with Crippen molar-refractivity contribution in [2.24, 2.45) is 0 Å². The van der Waals surface area contributed by atoms with Gasteiger partial charge in [0.2, 0.25) is 0 Å². The molecule has 0 amide bonds. The van der Waals surface area contributed by atoms with E-state index in [1.54, 1.807) is 19.1 Å². The van der Waals surface area contributed by atoms with E-state index in [0.717, 1.165) is 24.5 Å². The normalized spacial score (nSPS) is 10.7. The Morgan fingerprint density at radius 1 is 1.24 bits per heavy atom. The summed E-state index contributed by atoms with van der Waals surface area (Å²) in [4.78, 5) is 2.19. The number of aryl methyl sites for hydroxylation is 1.